The highest BCUT2D eigenvalue weighted by Gasteiger charge is 2.14. The van der Waals surface area contributed by atoms with Gasteiger partial charge in [-0.2, -0.15) is 0 Å². The second kappa shape index (κ2) is 5.47. The molecule has 6 nitrogen and oxygen atoms in total. The van der Waals surface area contributed by atoms with Crippen LogP contribution in [0.15, 0.2) is 12.1 Å². The summed E-state index contributed by atoms with van der Waals surface area (Å²) in [5.41, 5.74) is 5.49. The van der Waals surface area contributed by atoms with Crippen LogP contribution in [0.3, 0.4) is 0 Å². The zero-order valence-electron chi connectivity index (χ0n) is 10.3. The minimum absolute atomic E-state index is 0.0430. The summed E-state index contributed by atoms with van der Waals surface area (Å²) >= 11 is 0. The number of hydrogen-bond donors (Lipinski definition) is 2. The van der Waals surface area contributed by atoms with Crippen LogP contribution in [0.2, 0.25) is 0 Å². The fourth-order valence-corrected chi connectivity index (χ4v) is 1.65. The van der Waals surface area contributed by atoms with Crippen molar-refractivity contribution in [2.75, 3.05) is 11.1 Å². The van der Waals surface area contributed by atoms with Crippen molar-refractivity contribution in [1.29, 1.82) is 0 Å². The molecular formula is C11H18N4O2. The summed E-state index contributed by atoms with van der Waals surface area (Å²) < 4.78 is 0. The molecule has 17 heavy (non-hydrogen) atoms. The first kappa shape index (κ1) is 13.2. The molecule has 1 rings (SSSR count). The van der Waals surface area contributed by atoms with Gasteiger partial charge < -0.3 is 11.1 Å². The van der Waals surface area contributed by atoms with E-state index in [9.17, 15) is 10.1 Å². The highest BCUT2D eigenvalue weighted by atomic mass is 16.6. The largest absolute Gasteiger partial charge is 0.383 e. The second-order valence-electron chi connectivity index (χ2n) is 4.30. The fourth-order valence-electron chi connectivity index (χ4n) is 1.65. The molecule has 0 aliphatic rings. The number of aromatic nitrogens is 1. The molecule has 0 amide bonds. The predicted octanol–water partition coefficient (Wildman–Crippen LogP) is 2.42. The summed E-state index contributed by atoms with van der Waals surface area (Å²) in [5, 5.41) is 13.9. The monoisotopic (exact) mass is 238 g/mol. The molecule has 1 aromatic rings. The molecule has 0 aliphatic heterocycles. The lowest BCUT2D eigenvalue weighted by atomic mass is 10.0. The number of nitrogen functional groups attached to an aromatic ring is 1. The quantitative estimate of drug-likeness (QED) is 0.606. The Morgan fingerprint density at radius 2 is 2.18 bits per heavy atom. The minimum Gasteiger partial charge on any atom is -0.383 e. The molecule has 6 heteroatoms. The molecule has 3 N–H and O–H groups in total. The molecule has 0 radical (unpaired) electrons. The second-order valence-corrected chi connectivity index (χ2v) is 4.30. The number of hydrogen-bond acceptors (Lipinski definition) is 5. The molecule has 94 valence electrons. The number of nitrogens with two attached hydrogens (primary N) is 1. The van der Waals surface area contributed by atoms with Gasteiger partial charge in [0.05, 0.1) is 17.1 Å². The van der Waals surface area contributed by atoms with E-state index in [0.29, 0.717) is 11.7 Å². The van der Waals surface area contributed by atoms with E-state index >= 15 is 0 Å². The number of nitrogens with one attached hydrogen (secondary N) is 1. The van der Waals surface area contributed by atoms with Crippen LogP contribution in [0.1, 0.15) is 27.2 Å². The van der Waals surface area contributed by atoms with Gasteiger partial charge in [0, 0.05) is 6.04 Å². The molecule has 1 aromatic heterocycles. The van der Waals surface area contributed by atoms with Crippen LogP contribution in [0.5, 0.6) is 0 Å². The van der Waals surface area contributed by atoms with Crippen LogP contribution >= 0.6 is 0 Å². The number of rotatable bonds is 5. The van der Waals surface area contributed by atoms with Crippen LogP contribution in [0, 0.1) is 16.0 Å². The fraction of sp³-hybridized carbons (Fsp3) is 0.545. The molecule has 0 aromatic carbocycles. The number of anilines is 2. The van der Waals surface area contributed by atoms with E-state index in [1.165, 1.54) is 12.1 Å². The van der Waals surface area contributed by atoms with Crippen molar-refractivity contribution in [2.45, 2.75) is 33.2 Å². The maximum absolute atomic E-state index is 10.7. The molecule has 0 bridgehead atoms. The third-order valence-corrected chi connectivity index (χ3v) is 2.62. The average molecular weight is 238 g/mol. The summed E-state index contributed by atoms with van der Waals surface area (Å²) in [6, 6.07) is 2.88. The first-order chi connectivity index (χ1) is 7.93. The van der Waals surface area contributed by atoms with Gasteiger partial charge in [0.2, 0.25) is 0 Å². The van der Waals surface area contributed by atoms with Gasteiger partial charge in [0.1, 0.15) is 11.6 Å². The first-order valence-electron chi connectivity index (χ1n) is 5.62. The maximum atomic E-state index is 10.7. The summed E-state index contributed by atoms with van der Waals surface area (Å²) in [6.45, 7) is 6.22. The van der Waals surface area contributed by atoms with E-state index in [1.54, 1.807) is 0 Å². The topological polar surface area (TPSA) is 94.1 Å². The Hall–Kier alpha value is -1.85. The van der Waals surface area contributed by atoms with E-state index in [0.717, 1.165) is 6.42 Å². The van der Waals surface area contributed by atoms with Crippen LogP contribution in [0.25, 0.3) is 0 Å². The smallest absolute Gasteiger partial charge is 0.276 e. The number of pyridine rings is 1. The van der Waals surface area contributed by atoms with Gasteiger partial charge >= 0.3 is 0 Å². The molecular weight excluding hydrogens is 220 g/mol. The Morgan fingerprint density at radius 1 is 1.53 bits per heavy atom. The Balaban J connectivity index is 2.94. The summed E-state index contributed by atoms with van der Waals surface area (Å²) in [6.07, 6.45) is 0.919. The van der Waals surface area contributed by atoms with Crippen molar-refractivity contribution in [1.82, 2.24) is 4.98 Å². The third-order valence-electron chi connectivity index (χ3n) is 2.62. The van der Waals surface area contributed by atoms with E-state index in [1.807, 2.05) is 0 Å². The Kier molecular flexibility index (Phi) is 4.25. The molecule has 0 aliphatic carbocycles. The lowest BCUT2D eigenvalue weighted by Gasteiger charge is -2.21. The number of nitro groups is 1. The van der Waals surface area contributed by atoms with Crippen molar-refractivity contribution in [3.05, 3.63) is 22.2 Å². The van der Waals surface area contributed by atoms with Crippen LogP contribution in [0.4, 0.5) is 17.3 Å². The lowest BCUT2D eigenvalue weighted by molar-refractivity contribution is -0.384. The van der Waals surface area contributed by atoms with E-state index in [4.69, 9.17) is 5.73 Å². The normalized spacial score (nSPS) is 12.5. The Labute approximate surface area is 100 Å². The summed E-state index contributed by atoms with van der Waals surface area (Å²) in [7, 11) is 0. The average Bonchev–Trinajstić information content (AvgIpc) is 2.24. The van der Waals surface area contributed by atoms with E-state index < -0.39 is 4.92 Å². The Morgan fingerprint density at radius 3 is 2.65 bits per heavy atom. The molecule has 1 atom stereocenters. The molecule has 1 unspecified atom stereocenters. The molecule has 1 heterocycles. The van der Waals surface area contributed by atoms with Crippen LogP contribution in [-0.4, -0.2) is 15.9 Å². The van der Waals surface area contributed by atoms with Gasteiger partial charge in [-0.05, 0) is 12.3 Å². The van der Waals surface area contributed by atoms with Gasteiger partial charge in [0.15, 0.2) is 0 Å². The van der Waals surface area contributed by atoms with Crippen molar-refractivity contribution in [3.8, 4) is 0 Å². The minimum atomic E-state index is -0.473. The highest BCUT2D eigenvalue weighted by molar-refractivity contribution is 5.53. The van der Waals surface area contributed by atoms with Crippen molar-refractivity contribution in [2.24, 2.45) is 5.92 Å². The maximum Gasteiger partial charge on any atom is 0.276 e. The SMILES string of the molecule is CCC(Nc1cc([N+](=O)[O-])cc(N)n1)C(C)C. The van der Waals surface area contributed by atoms with Crippen molar-refractivity contribution >= 4 is 17.3 Å². The first-order valence-corrected chi connectivity index (χ1v) is 5.62. The number of nitrogens with zero attached hydrogens (tertiary/aromatic N) is 2. The van der Waals surface area contributed by atoms with Gasteiger partial charge in [-0.25, -0.2) is 4.98 Å². The molecule has 0 saturated carbocycles. The van der Waals surface area contributed by atoms with E-state index in [-0.39, 0.29) is 17.5 Å². The summed E-state index contributed by atoms with van der Waals surface area (Å²) in [4.78, 5) is 14.3. The molecule has 0 saturated heterocycles. The van der Waals surface area contributed by atoms with Gasteiger partial charge in [-0.1, -0.05) is 20.8 Å². The predicted molar refractivity (Wildman–Crippen MR) is 67.8 cm³/mol. The van der Waals surface area contributed by atoms with Crippen LogP contribution in [-0.2, 0) is 0 Å². The Bertz CT molecular complexity index is 406. The molecule has 0 spiro atoms. The highest BCUT2D eigenvalue weighted by Crippen LogP contribution is 2.21. The zero-order valence-corrected chi connectivity index (χ0v) is 10.3. The molecule has 0 fully saturated rings. The van der Waals surface area contributed by atoms with E-state index in [2.05, 4.69) is 31.1 Å². The van der Waals surface area contributed by atoms with Gasteiger partial charge in [-0.3, -0.25) is 10.1 Å². The van der Waals surface area contributed by atoms with Crippen molar-refractivity contribution in [3.63, 3.8) is 0 Å². The zero-order chi connectivity index (χ0) is 13.0. The lowest BCUT2D eigenvalue weighted by Crippen LogP contribution is -2.25. The summed E-state index contributed by atoms with van der Waals surface area (Å²) in [5.74, 6) is 1.03. The van der Waals surface area contributed by atoms with Crippen LogP contribution < -0.4 is 11.1 Å². The van der Waals surface area contributed by atoms with Crippen molar-refractivity contribution < 1.29 is 4.92 Å². The van der Waals surface area contributed by atoms with Gasteiger partial charge in [-0.15, -0.1) is 0 Å². The van der Waals surface area contributed by atoms with Gasteiger partial charge in [0.25, 0.3) is 5.69 Å². The standard InChI is InChI=1S/C11H18N4O2/c1-4-9(7(2)3)13-11-6-8(15(16)17)5-10(12)14-11/h5-7,9H,4H2,1-3H3,(H3,12,13,14). The third kappa shape index (κ3) is 3.58.